The molecule has 5 heteroatoms. The van der Waals surface area contributed by atoms with Crippen molar-refractivity contribution in [3.8, 4) is 0 Å². The Balaban J connectivity index is 2.23. The van der Waals surface area contributed by atoms with Crippen molar-refractivity contribution in [1.82, 2.24) is 10.1 Å². The minimum absolute atomic E-state index is 0.181. The van der Waals surface area contributed by atoms with Gasteiger partial charge in [-0.3, -0.25) is 0 Å². The Morgan fingerprint density at radius 1 is 1.41 bits per heavy atom. The molecule has 5 nitrogen and oxygen atoms in total. The van der Waals surface area contributed by atoms with E-state index >= 15 is 0 Å². The molecule has 1 aliphatic rings. The van der Waals surface area contributed by atoms with Crippen molar-refractivity contribution in [3.05, 3.63) is 11.7 Å². The highest BCUT2D eigenvalue weighted by molar-refractivity contribution is 5.08. The average Bonchev–Trinajstić information content (AvgIpc) is 2.78. The number of aryl methyl sites for hydroxylation is 1. The maximum Gasteiger partial charge on any atom is 0.226 e. The van der Waals surface area contributed by atoms with E-state index in [0.717, 1.165) is 25.7 Å². The fourth-order valence-corrected chi connectivity index (χ4v) is 2.30. The van der Waals surface area contributed by atoms with Gasteiger partial charge in [-0.1, -0.05) is 19.0 Å². The normalized spacial score (nSPS) is 33.9. The van der Waals surface area contributed by atoms with Gasteiger partial charge < -0.3 is 15.0 Å². The van der Waals surface area contributed by atoms with Crippen molar-refractivity contribution in [2.24, 2.45) is 5.73 Å². The summed E-state index contributed by atoms with van der Waals surface area (Å²) in [6.45, 7) is 6.84. The Morgan fingerprint density at radius 3 is 2.76 bits per heavy atom. The quantitative estimate of drug-likeness (QED) is 0.870. The predicted molar refractivity (Wildman–Crippen MR) is 63.4 cm³/mol. The predicted octanol–water partition coefficient (Wildman–Crippen LogP) is 1.77. The lowest BCUT2D eigenvalue weighted by Gasteiger charge is -2.42. The summed E-state index contributed by atoms with van der Waals surface area (Å²) in [6, 6.07) is 0. The van der Waals surface area contributed by atoms with Crippen LogP contribution in [0.3, 0.4) is 0 Å². The Bertz CT molecular complexity index is 393. The highest BCUT2D eigenvalue weighted by atomic mass is 16.5. The highest BCUT2D eigenvalue weighted by Gasteiger charge is 2.43. The lowest BCUT2D eigenvalue weighted by Crippen LogP contribution is -2.51. The molecular weight excluding hydrogens is 218 g/mol. The number of hydrogen-bond donors (Lipinski definition) is 1. The van der Waals surface area contributed by atoms with E-state index in [1.807, 2.05) is 6.92 Å². The fourth-order valence-electron chi connectivity index (χ4n) is 2.30. The summed E-state index contributed by atoms with van der Waals surface area (Å²) in [7, 11) is 0. The number of nitrogens with zero attached hydrogens (tertiary/aromatic N) is 2. The van der Waals surface area contributed by atoms with E-state index < -0.39 is 5.54 Å². The zero-order chi connectivity index (χ0) is 12.5. The smallest absolute Gasteiger partial charge is 0.226 e. The van der Waals surface area contributed by atoms with Gasteiger partial charge in [0.15, 0.2) is 5.82 Å². The summed E-state index contributed by atoms with van der Waals surface area (Å²) in [6.07, 6.45) is 3.15. The summed E-state index contributed by atoms with van der Waals surface area (Å²) in [5.74, 6) is 1.27. The van der Waals surface area contributed by atoms with E-state index in [2.05, 4.69) is 24.0 Å². The number of aromatic nitrogens is 2. The van der Waals surface area contributed by atoms with Crippen molar-refractivity contribution in [3.63, 3.8) is 0 Å². The molecule has 1 saturated heterocycles. The van der Waals surface area contributed by atoms with Crippen LogP contribution < -0.4 is 5.73 Å². The van der Waals surface area contributed by atoms with E-state index in [-0.39, 0.29) is 5.60 Å². The molecule has 0 aromatic carbocycles. The molecule has 0 radical (unpaired) electrons. The van der Waals surface area contributed by atoms with E-state index in [1.54, 1.807) is 0 Å². The minimum atomic E-state index is -0.514. The molecule has 1 aromatic heterocycles. The van der Waals surface area contributed by atoms with Gasteiger partial charge in [0.05, 0.1) is 11.1 Å². The average molecular weight is 239 g/mol. The summed E-state index contributed by atoms with van der Waals surface area (Å²) in [5.41, 5.74) is 5.74. The molecule has 1 aliphatic heterocycles. The molecule has 0 saturated carbocycles. The summed E-state index contributed by atoms with van der Waals surface area (Å²) >= 11 is 0. The molecule has 1 aromatic rings. The van der Waals surface area contributed by atoms with Gasteiger partial charge in [-0.15, -0.1) is 0 Å². The third kappa shape index (κ3) is 2.35. The second kappa shape index (κ2) is 4.38. The van der Waals surface area contributed by atoms with Crippen LogP contribution in [0.5, 0.6) is 0 Å². The maximum atomic E-state index is 6.43. The van der Waals surface area contributed by atoms with Gasteiger partial charge in [0.2, 0.25) is 5.89 Å². The first-order valence-corrected chi connectivity index (χ1v) is 6.27. The molecule has 2 unspecified atom stereocenters. The van der Waals surface area contributed by atoms with E-state index in [9.17, 15) is 0 Å². The molecule has 2 heterocycles. The molecule has 2 atom stereocenters. The first-order chi connectivity index (χ1) is 8.01. The van der Waals surface area contributed by atoms with E-state index in [4.69, 9.17) is 15.0 Å². The van der Waals surface area contributed by atoms with E-state index in [1.165, 1.54) is 0 Å². The maximum absolute atomic E-state index is 6.43. The van der Waals surface area contributed by atoms with Crippen molar-refractivity contribution >= 4 is 0 Å². The number of hydrogen-bond acceptors (Lipinski definition) is 5. The highest BCUT2D eigenvalue weighted by Crippen LogP contribution is 2.37. The lowest BCUT2D eigenvalue weighted by atomic mass is 9.79. The zero-order valence-corrected chi connectivity index (χ0v) is 10.8. The first kappa shape index (κ1) is 12.5. The zero-order valence-electron chi connectivity index (χ0n) is 10.8. The second-order valence-corrected chi connectivity index (χ2v) is 5.10. The molecule has 0 bridgehead atoms. The van der Waals surface area contributed by atoms with Gasteiger partial charge in [0, 0.05) is 19.4 Å². The van der Waals surface area contributed by atoms with Crippen LogP contribution in [0.1, 0.15) is 51.7 Å². The van der Waals surface area contributed by atoms with Crippen LogP contribution >= 0.6 is 0 Å². The Labute approximate surface area is 102 Å². The van der Waals surface area contributed by atoms with Crippen LogP contribution in [0.15, 0.2) is 4.52 Å². The van der Waals surface area contributed by atoms with Crippen molar-refractivity contribution in [2.75, 3.05) is 6.61 Å². The molecule has 96 valence electrons. The second-order valence-electron chi connectivity index (χ2n) is 5.10. The third-order valence-electron chi connectivity index (χ3n) is 3.65. The van der Waals surface area contributed by atoms with Crippen molar-refractivity contribution < 1.29 is 9.26 Å². The lowest BCUT2D eigenvalue weighted by molar-refractivity contribution is -0.0973. The van der Waals surface area contributed by atoms with Crippen molar-refractivity contribution in [2.45, 2.75) is 57.6 Å². The molecule has 0 spiro atoms. The van der Waals surface area contributed by atoms with Gasteiger partial charge >= 0.3 is 0 Å². The number of nitrogens with two attached hydrogens (primary N) is 1. The molecule has 0 amide bonds. The molecular formula is C12H21N3O2. The number of ether oxygens (including phenoxy) is 1. The Kier molecular flexibility index (Phi) is 3.23. The van der Waals surface area contributed by atoms with Gasteiger partial charge in [-0.05, 0) is 19.8 Å². The SMILES string of the molecule is CCc1nc(C2(N)CCOC(C)(CC)C2)no1. The summed E-state index contributed by atoms with van der Waals surface area (Å²) in [5, 5.41) is 4.02. The monoisotopic (exact) mass is 239 g/mol. The molecule has 2 rings (SSSR count). The van der Waals surface area contributed by atoms with Gasteiger partial charge in [0.25, 0.3) is 0 Å². The molecule has 17 heavy (non-hydrogen) atoms. The van der Waals surface area contributed by atoms with Crippen LogP contribution in [0, 0.1) is 0 Å². The van der Waals surface area contributed by atoms with E-state index in [0.29, 0.717) is 18.3 Å². The van der Waals surface area contributed by atoms with Crippen LogP contribution in [-0.4, -0.2) is 22.3 Å². The van der Waals surface area contributed by atoms with Crippen LogP contribution in [0.4, 0.5) is 0 Å². The summed E-state index contributed by atoms with van der Waals surface area (Å²) < 4.78 is 11.0. The topological polar surface area (TPSA) is 74.2 Å². The van der Waals surface area contributed by atoms with Crippen LogP contribution in [0.2, 0.25) is 0 Å². The largest absolute Gasteiger partial charge is 0.375 e. The Hall–Kier alpha value is -0.940. The van der Waals surface area contributed by atoms with Gasteiger partial charge in [0.1, 0.15) is 0 Å². The minimum Gasteiger partial charge on any atom is -0.375 e. The first-order valence-electron chi connectivity index (χ1n) is 6.27. The van der Waals surface area contributed by atoms with Gasteiger partial charge in [-0.25, -0.2) is 0 Å². The fraction of sp³-hybridized carbons (Fsp3) is 0.833. The van der Waals surface area contributed by atoms with Crippen LogP contribution in [-0.2, 0) is 16.7 Å². The number of rotatable bonds is 3. The molecule has 2 N–H and O–H groups in total. The van der Waals surface area contributed by atoms with Gasteiger partial charge in [-0.2, -0.15) is 4.98 Å². The summed E-state index contributed by atoms with van der Waals surface area (Å²) in [4.78, 5) is 4.37. The molecule has 1 fully saturated rings. The third-order valence-corrected chi connectivity index (χ3v) is 3.65. The molecule has 0 aliphatic carbocycles. The standard InChI is InChI=1S/C12H21N3O2/c1-4-9-14-10(15-17-9)12(13)6-7-16-11(3,5-2)8-12/h4-8,13H2,1-3H3. The van der Waals surface area contributed by atoms with Crippen molar-refractivity contribution in [1.29, 1.82) is 0 Å². The Morgan fingerprint density at radius 2 is 2.18 bits per heavy atom. The van der Waals surface area contributed by atoms with Crippen LogP contribution in [0.25, 0.3) is 0 Å².